The zero-order valence-electron chi connectivity index (χ0n) is 38.0. The van der Waals surface area contributed by atoms with Crippen LogP contribution in [0.5, 0.6) is 11.5 Å². The number of anilines is 4. The van der Waals surface area contributed by atoms with Crippen LogP contribution in [0, 0.1) is 0 Å². The summed E-state index contributed by atoms with van der Waals surface area (Å²) in [6, 6.07) is 86.5. The molecule has 6 heteroatoms. The largest absolute Gasteiger partial charge is 0.457 e. The Bertz CT molecular complexity index is 4040. The number of nitrogens with zero attached hydrogens (tertiary/aromatic N) is 5. The maximum Gasteiger partial charge on any atom is 0.139 e. The molecule has 0 spiro atoms. The molecule has 13 aromatic rings. The van der Waals surface area contributed by atoms with E-state index in [0.29, 0.717) is 6.67 Å². The van der Waals surface area contributed by atoms with E-state index in [-0.39, 0.29) is 0 Å². The van der Waals surface area contributed by atoms with E-state index in [4.69, 9.17) is 9.72 Å². The highest BCUT2D eigenvalue weighted by Gasteiger charge is 2.33. The third-order valence-electron chi connectivity index (χ3n) is 14.0. The van der Waals surface area contributed by atoms with Crippen molar-refractivity contribution in [1.29, 1.82) is 0 Å². The van der Waals surface area contributed by atoms with Crippen LogP contribution in [0.25, 0.3) is 88.1 Å². The molecule has 70 heavy (non-hydrogen) atoms. The van der Waals surface area contributed by atoms with Gasteiger partial charge in [-0.3, -0.25) is 4.57 Å². The summed E-state index contributed by atoms with van der Waals surface area (Å²) in [6.45, 7) is 0.600. The highest BCUT2D eigenvalue weighted by atomic mass is 16.5. The molecular formula is C64H43N5O. The molecule has 4 heterocycles. The first-order chi connectivity index (χ1) is 34.7. The number of pyridine rings is 1. The predicted octanol–water partition coefficient (Wildman–Crippen LogP) is 16.8. The molecule has 0 N–H and O–H groups in total. The lowest BCUT2D eigenvalue weighted by Gasteiger charge is -2.27. The predicted molar refractivity (Wildman–Crippen MR) is 290 cm³/mol. The number of para-hydroxylation sites is 4. The second kappa shape index (κ2) is 16.1. The lowest BCUT2D eigenvalue weighted by molar-refractivity contribution is 0.483. The molecule has 10 aromatic carbocycles. The van der Waals surface area contributed by atoms with E-state index >= 15 is 0 Å². The van der Waals surface area contributed by atoms with Gasteiger partial charge in [0.2, 0.25) is 0 Å². The Kier molecular flexibility index (Phi) is 9.17. The molecule has 6 nitrogen and oxygen atoms in total. The summed E-state index contributed by atoms with van der Waals surface area (Å²) in [6.07, 6.45) is 1.92. The zero-order valence-corrected chi connectivity index (χ0v) is 38.0. The monoisotopic (exact) mass is 897 g/mol. The van der Waals surface area contributed by atoms with Crippen LogP contribution >= 0.6 is 0 Å². The van der Waals surface area contributed by atoms with Crippen LogP contribution in [0.1, 0.15) is 0 Å². The lowest BCUT2D eigenvalue weighted by atomic mass is 9.94. The van der Waals surface area contributed by atoms with Crippen LogP contribution < -0.4 is 14.5 Å². The van der Waals surface area contributed by atoms with Crippen molar-refractivity contribution in [2.24, 2.45) is 0 Å². The smallest absolute Gasteiger partial charge is 0.139 e. The number of fused-ring (bicyclic) bond motifs is 9. The van der Waals surface area contributed by atoms with Crippen molar-refractivity contribution < 1.29 is 4.74 Å². The molecule has 0 saturated carbocycles. The number of aromatic nitrogens is 3. The Labute approximate surface area is 404 Å². The highest BCUT2D eigenvalue weighted by molar-refractivity contribution is 6.12. The van der Waals surface area contributed by atoms with Gasteiger partial charge >= 0.3 is 0 Å². The van der Waals surface area contributed by atoms with Gasteiger partial charge in [-0.1, -0.05) is 170 Å². The molecule has 0 fully saturated rings. The standard InChI is InChI=1S/C64H43N5O/c1-3-17-43(18-4-1)50-28-16-29-51(44-19-5-2-6-20-44)63(50)67-42-66(60-36-33-45-21-7-8-24-52(45)64(60)67)46-22-15-23-48(39-46)70-49-34-35-56-55-27-11-14-32-59(55)69(61(56)41-49)62-40-47(37-38-65-62)68-57-30-12-9-25-53(57)54-26-10-13-31-58(54)68/h1-41H,42H2. The third-order valence-corrected chi connectivity index (χ3v) is 14.0. The van der Waals surface area contributed by atoms with Crippen LogP contribution in [0.2, 0.25) is 0 Å². The second-order valence-electron chi connectivity index (χ2n) is 18.0. The van der Waals surface area contributed by atoms with E-state index in [0.717, 1.165) is 67.2 Å². The number of hydrogen-bond donors (Lipinski definition) is 0. The minimum atomic E-state index is 0.600. The van der Waals surface area contributed by atoms with Gasteiger partial charge in [-0.25, -0.2) is 4.98 Å². The molecule has 1 aliphatic rings. The average molecular weight is 898 g/mol. The summed E-state index contributed by atoms with van der Waals surface area (Å²) in [5.41, 5.74) is 14.7. The first-order valence-corrected chi connectivity index (χ1v) is 23.8. The molecule has 1 aliphatic heterocycles. The van der Waals surface area contributed by atoms with E-state index in [1.54, 1.807) is 0 Å². The van der Waals surface area contributed by atoms with E-state index in [1.165, 1.54) is 55.2 Å². The Morgan fingerprint density at radius 3 is 1.61 bits per heavy atom. The summed E-state index contributed by atoms with van der Waals surface area (Å²) < 4.78 is 11.5. The Hall–Kier alpha value is -9.39. The van der Waals surface area contributed by atoms with Crippen LogP contribution in [-0.2, 0) is 0 Å². The van der Waals surface area contributed by atoms with Gasteiger partial charge in [0, 0.05) is 68.1 Å². The van der Waals surface area contributed by atoms with Crippen LogP contribution in [0.3, 0.4) is 0 Å². The van der Waals surface area contributed by atoms with E-state index in [1.807, 2.05) is 12.3 Å². The van der Waals surface area contributed by atoms with Crippen molar-refractivity contribution in [3.8, 4) is 45.3 Å². The molecule has 0 radical (unpaired) electrons. The normalized spacial score (nSPS) is 12.5. The van der Waals surface area contributed by atoms with Gasteiger partial charge in [-0.05, 0) is 71.1 Å². The summed E-state index contributed by atoms with van der Waals surface area (Å²) in [4.78, 5) is 9.97. The Morgan fingerprint density at radius 2 is 0.929 bits per heavy atom. The van der Waals surface area contributed by atoms with Gasteiger partial charge in [-0.2, -0.15) is 0 Å². The molecule has 0 amide bonds. The fourth-order valence-corrected chi connectivity index (χ4v) is 11.0. The van der Waals surface area contributed by atoms with Crippen molar-refractivity contribution in [2.75, 3.05) is 16.5 Å². The van der Waals surface area contributed by atoms with Crippen LogP contribution in [-0.4, -0.2) is 20.8 Å². The zero-order chi connectivity index (χ0) is 46.1. The maximum absolute atomic E-state index is 6.90. The van der Waals surface area contributed by atoms with E-state index in [9.17, 15) is 0 Å². The fraction of sp³-hybridized carbons (Fsp3) is 0.0156. The molecule has 0 saturated heterocycles. The van der Waals surface area contributed by atoms with Crippen LogP contribution in [0.15, 0.2) is 249 Å². The molecule has 0 aliphatic carbocycles. The number of rotatable bonds is 8. The number of benzene rings is 10. The van der Waals surface area contributed by atoms with Gasteiger partial charge in [0.15, 0.2) is 0 Å². The summed E-state index contributed by atoms with van der Waals surface area (Å²) in [5, 5.41) is 7.14. The van der Waals surface area contributed by atoms with Crippen molar-refractivity contribution in [1.82, 2.24) is 14.1 Å². The Morgan fingerprint density at radius 1 is 0.357 bits per heavy atom. The Balaban J connectivity index is 0.868. The van der Waals surface area contributed by atoms with E-state index in [2.05, 4.69) is 256 Å². The van der Waals surface area contributed by atoms with Crippen molar-refractivity contribution >= 4 is 77.1 Å². The third kappa shape index (κ3) is 6.38. The van der Waals surface area contributed by atoms with Gasteiger partial charge in [-0.15, -0.1) is 0 Å². The molecular weight excluding hydrogens is 855 g/mol. The molecule has 0 unspecified atom stereocenters. The fourth-order valence-electron chi connectivity index (χ4n) is 11.0. The average Bonchev–Trinajstić information content (AvgIpc) is 4.09. The van der Waals surface area contributed by atoms with Crippen LogP contribution in [0.4, 0.5) is 22.7 Å². The molecule has 14 rings (SSSR count). The molecule has 3 aromatic heterocycles. The quantitative estimate of drug-likeness (QED) is 0.152. The molecule has 0 bridgehead atoms. The first-order valence-electron chi connectivity index (χ1n) is 23.8. The van der Waals surface area contributed by atoms with Gasteiger partial charge in [0.1, 0.15) is 24.0 Å². The summed E-state index contributed by atoms with van der Waals surface area (Å²) in [5.74, 6) is 2.33. The summed E-state index contributed by atoms with van der Waals surface area (Å²) >= 11 is 0. The minimum absolute atomic E-state index is 0.600. The minimum Gasteiger partial charge on any atom is -0.457 e. The lowest BCUT2D eigenvalue weighted by Crippen LogP contribution is -2.25. The maximum atomic E-state index is 6.90. The SMILES string of the molecule is c1ccc(-c2cccc(-c3ccccc3)c2N2CN(c3cccc(Oc4ccc5c6ccccc6n(-c6cc(-n7c8ccccc8c8ccccc87)ccn6)c5c4)c3)c3ccc4ccccc4c32)cc1. The van der Waals surface area contributed by atoms with Crippen molar-refractivity contribution in [2.45, 2.75) is 0 Å². The highest BCUT2D eigenvalue weighted by Crippen LogP contribution is 2.53. The van der Waals surface area contributed by atoms with Gasteiger partial charge in [0.25, 0.3) is 0 Å². The molecule has 330 valence electrons. The van der Waals surface area contributed by atoms with E-state index < -0.39 is 0 Å². The second-order valence-corrected chi connectivity index (χ2v) is 18.0. The number of ether oxygens (including phenoxy) is 1. The summed E-state index contributed by atoms with van der Waals surface area (Å²) in [7, 11) is 0. The topological polar surface area (TPSA) is 38.5 Å². The number of hydrogen-bond acceptors (Lipinski definition) is 4. The van der Waals surface area contributed by atoms with Crippen molar-refractivity contribution in [3.05, 3.63) is 249 Å². The van der Waals surface area contributed by atoms with Gasteiger partial charge in [0.05, 0.1) is 44.8 Å². The van der Waals surface area contributed by atoms with Gasteiger partial charge < -0.3 is 19.1 Å². The first kappa shape index (κ1) is 39.7. The molecule has 0 atom stereocenters. The van der Waals surface area contributed by atoms with Crippen molar-refractivity contribution in [3.63, 3.8) is 0 Å².